The van der Waals surface area contributed by atoms with Crippen molar-refractivity contribution >= 4 is 34.1 Å². The molecule has 1 N–H and O–H groups in total. The predicted octanol–water partition coefficient (Wildman–Crippen LogP) is 5.55. The van der Waals surface area contributed by atoms with Gasteiger partial charge >= 0.3 is 12.4 Å². The third kappa shape index (κ3) is 6.15. The summed E-state index contributed by atoms with van der Waals surface area (Å²) in [6, 6.07) is 1.48. The van der Waals surface area contributed by atoms with Gasteiger partial charge in [-0.3, -0.25) is 4.79 Å². The molecule has 0 bridgehead atoms. The predicted molar refractivity (Wildman–Crippen MR) is 116 cm³/mol. The van der Waals surface area contributed by atoms with Crippen LogP contribution in [0.25, 0.3) is 11.5 Å². The number of ether oxygens (including phenoxy) is 1. The van der Waals surface area contributed by atoms with Gasteiger partial charge in [0, 0.05) is 31.7 Å². The fraction of sp³-hybridized carbons (Fsp3) is 0.350. The normalized spacial score (nSPS) is 12.1. The first kappa shape index (κ1) is 26.1. The van der Waals surface area contributed by atoms with Crippen LogP contribution < -0.4 is 15.0 Å². The Morgan fingerprint density at radius 2 is 1.77 bits per heavy atom. The summed E-state index contributed by atoms with van der Waals surface area (Å²) in [5, 5.41) is 2.66. The van der Waals surface area contributed by atoms with E-state index < -0.39 is 41.2 Å². The molecule has 3 aromatic rings. The highest BCUT2D eigenvalue weighted by atomic mass is 32.1. The molecule has 0 saturated carbocycles. The standard InChI is InChI=1S/C20H18F6N6O2S/c1-9(2)34-15-8-27-13(6-12(15)20(24,25)26)16-29-18(35-31-16)30-17-14(32(4)10(3)33)5-11(7-28-17)19(21,22)23/h5-9H,1-4H3,(H,28,29,30,31). The number of carbonyl (C=O) groups is 1. The Morgan fingerprint density at radius 1 is 1.09 bits per heavy atom. The van der Waals surface area contributed by atoms with Crippen molar-refractivity contribution in [1.82, 2.24) is 19.3 Å². The van der Waals surface area contributed by atoms with Crippen LogP contribution in [0.15, 0.2) is 24.5 Å². The number of aromatic nitrogens is 4. The van der Waals surface area contributed by atoms with Crippen LogP contribution in [0.2, 0.25) is 0 Å². The van der Waals surface area contributed by atoms with E-state index in [0.29, 0.717) is 17.7 Å². The summed E-state index contributed by atoms with van der Waals surface area (Å²) in [7, 11) is 1.26. The second-order valence-corrected chi connectivity index (χ2v) is 8.20. The minimum atomic E-state index is -4.73. The fourth-order valence-corrected chi connectivity index (χ4v) is 3.32. The maximum absolute atomic E-state index is 13.5. The van der Waals surface area contributed by atoms with Gasteiger partial charge in [-0.1, -0.05) is 0 Å². The van der Waals surface area contributed by atoms with Crippen molar-refractivity contribution in [2.24, 2.45) is 0 Å². The number of rotatable bonds is 6. The van der Waals surface area contributed by atoms with Crippen LogP contribution in [0, 0.1) is 0 Å². The highest BCUT2D eigenvalue weighted by Gasteiger charge is 2.36. The van der Waals surface area contributed by atoms with E-state index in [1.807, 2.05) is 0 Å². The van der Waals surface area contributed by atoms with Gasteiger partial charge in [0.25, 0.3) is 0 Å². The van der Waals surface area contributed by atoms with Gasteiger partial charge in [0.1, 0.15) is 17.0 Å². The number of amides is 1. The van der Waals surface area contributed by atoms with Crippen LogP contribution in [-0.2, 0) is 17.1 Å². The van der Waals surface area contributed by atoms with E-state index in [-0.39, 0.29) is 28.2 Å². The molecule has 3 heterocycles. The van der Waals surface area contributed by atoms with Crippen molar-refractivity contribution in [3.63, 3.8) is 0 Å². The molecule has 15 heteroatoms. The number of hydrogen-bond donors (Lipinski definition) is 1. The molecule has 0 fully saturated rings. The Hall–Kier alpha value is -3.49. The number of anilines is 3. The molecule has 8 nitrogen and oxygen atoms in total. The van der Waals surface area contributed by atoms with E-state index in [4.69, 9.17) is 4.74 Å². The van der Waals surface area contributed by atoms with Gasteiger partial charge < -0.3 is 15.0 Å². The van der Waals surface area contributed by atoms with Crippen molar-refractivity contribution in [3.8, 4) is 17.3 Å². The average Bonchev–Trinajstić information content (AvgIpc) is 3.20. The molecule has 35 heavy (non-hydrogen) atoms. The molecule has 0 atom stereocenters. The van der Waals surface area contributed by atoms with Gasteiger partial charge in [0.05, 0.1) is 23.6 Å². The number of hydrogen-bond acceptors (Lipinski definition) is 8. The molecule has 0 aliphatic heterocycles. The van der Waals surface area contributed by atoms with E-state index in [1.165, 1.54) is 7.05 Å². The van der Waals surface area contributed by atoms with E-state index in [1.54, 1.807) is 13.8 Å². The lowest BCUT2D eigenvalue weighted by Gasteiger charge is -2.20. The first-order valence-corrected chi connectivity index (χ1v) is 10.6. The number of alkyl halides is 6. The highest BCUT2D eigenvalue weighted by molar-refractivity contribution is 7.09. The second kappa shape index (κ2) is 9.64. The number of carbonyl (C=O) groups excluding carboxylic acids is 1. The zero-order chi connectivity index (χ0) is 26.1. The Bertz CT molecular complexity index is 1230. The molecule has 0 saturated heterocycles. The number of nitrogens with zero attached hydrogens (tertiary/aromatic N) is 5. The first-order chi connectivity index (χ1) is 16.2. The lowest BCUT2D eigenvalue weighted by molar-refractivity contribution is -0.139. The summed E-state index contributed by atoms with van der Waals surface area (Å²) in [6.07, 6.45) is -8.44. The molecule has 188 valence electrons. The molecule has 1 amide bonds. The third-order valence-electron chi connectivity index (χ3n) is 4.44. The van der Waals surface area contributed by atoms with Crippen LogP contribution in [0.5, 0.6) is 5.75 Å². The summed E-state index contributed by atoms with van der Waals surface area (Å²) in [5.74, 6) is -1.30. The Labute approximate surface area is 199 Å². The maximum Gasteiger partial charge on any atom is 0.420 e. The smallest absolute Gasteiger partial charge is 0.420 e. The maximum atomic E-state index is 13.5. The summed E-state index contributed by atoms with van der Waals surface area (Å²) in [4.78, 5) is 24.5. The van der Waals surface area contributed by atoms with Crippen molar-refractivity contribution in [2.75, 3.05) is 17.3 Å². The minimum absolute atomic E-state index is 0.00308. The van der Waals surface area contributed by atoms with Crippen molar-refractivity contribution < 1.29 is 35.9 Å². The topological polar surface area (TPSA) is 93.1 Å². The molecule has 0 aromatic carbocycles. The van der Waals surface area contributed by atoms with Crippen molar-refractivity contribution in [3.05, 3.63) is 35.7 Å². The van der Waals surface area contributed by atoms with Crippen LogP contribution in [0.4, 0.5) is 43.0 Å². The highest BCUT2D eigenvalue weighted by Crippen LogP contribution is 2.39. The van der Waals surface area contributed by atoms with E-state index in [2.05, 4.69) is 24.6 Å². The summed E-state index contributed by atoms with van der Waals surface area (Å²) in [5.41, 5.74) is -2.51. The van der Waals surface area contributed by atoms with Gasteiger partial charge in [-0.2, -0.15) is 35.7 Å². The van der Waals surface area contributed by atoms with Gasteiger partial charge in [-0.25, -0.2) is 9.97 Å². The Morgan fingerprint density at radius 3 is 2.34 bits per heavy atom. The number of nitrogens with one attached hydrogen (secondary N) is 1. The van der Waals surface area contributed by atoms with E-state index >= 15 is 0 Å². The van der Waals surface area contributed by atoms with Crippen LogP contribution in [0.3, 0.4) is 0 Å². The van der Waals surface area contributed by atoms with Crippen LogP contribution in [0.1, 0.15) is 31.9 Å². The summed E-state index contributed by atoms with van der Waals surface area (Å²) >= 11 is 0.716. The van der Waals surface area contributed by atoms with Gasteiger partial charge in [-0.15, -0.1) is 0 Å². The Kier molecular flexibility index (Phi) is 7.19. The zero-order valence-electron chi connectivity index (χ0n) is 18.6. The first-order valence-electron chi connectivity index (χ1n) is 9.83. The molecule has 0 radical (unpaired) electrons. The van der Waals surface area contributed by atoms with Gasteiger partial charge in [-0.05, 0) is 26.0 Å². The average molecular weight is 520 g/mol. The van der Waals surface area contributed by atoms with Crippen molar-refractivity contribution in [1.29, 1.82) is 0 Å². The van der Waals surface area contributed by atoms with E-state index in [0.717, 1.165) is 30.2 Å². The fourth-order valence-electron chi connectivity index (χ4n) is 2.74. The monoisotopic (exact) mass is 520 g/mol. The molecule has 0 spiro atoms. The van der Waals surface area contributed by atoms with E-state index in [9.17, 15) is 31.1 Å². The minimum Gasteiger partial charge on any atom is -0.489 e. The molecular weight excluding hydrogens is 502 g/mol. The molecule has 0 unspecified atom stereocenters. The number of pyridine rings is 2. The van der Waals surface area contributed by atoms with Crippen molar-refractivity contribution in [2.45, 2.75) is 39.2 Å². The summed E-state index contributed by atoms with van der Waals surface area (Å²) in [6.45, 7) is 4.30. The van der Waals surface area contributed by atoms with Gasteiger partial charge in [0.2, 0.25) is 11.0 Å². The SMILES string of the molecule is CC(=O)N(C)c1cc(C(F)(F)F)cnc1Nc1nc(-c2cc(C(F)(F)F)c(OC(C)C)cn2)ns1. The molecule has 0 aliphatic rings. The lowest BCUT2D eigenvalue weighted by atomic mass is 10.2. The third-order valence-corrected chi connectivity index (χ3v) is 5.08. The number of halogens is 6. The van der Waals surface area contributed by atoms with Gasteiger partial charge in [0.15, 0.2) is 11.6 Å². The van der Waals surface area contributed by atoms with Crippen LogP contribution in [-0.4, -0.2) is 38.4 Å². The molecular formula is C20H18F6N6O2S. The summed E-state index contributed by atoms with van der Waals surface area (Å²) < 4.78 is 89.0. The Balaban J connectivity index is 1.96. The lowest BCUT2D eigenvalue weighted by Crippen LogP contribution is -2.24. The molecule has 3 aromatic heterocycles. The van der Waals surface area contributed by atoms with Crippen LogP contribution >= 0.6 is 11.5 Å². The molecule has 3 rings (SSSR count). The zero-order valence-corrected chi connectivity index (χ0v) is 19.4. The quantitative estimate of drug-likeness (QED) is 0.426. The molecule has 0 aliphatic carbocycles. The second-order valence-electron chi connectivity index (χ2n) is 7.45. The largest absolute Gasteiger partial charge is 0.489 e.